The summed E-state index contributed by atoms with van der Waals surface area (Å²) in [6.07, 6.45) is 8.45. The highest BCUT2D eigenvalue weighted by molar-refractivity contribution is 7.98. The molecule has 0 unspecified atom stereocenters. The zero-order chi connectivity index (χ0) is 16.3. The topological polar surface area (TPSA) is 66.6 Å². The first-order chi connectivity index (χ1) is 11.3. The second-order valence-corrected chi connectivity index (χ2v) is 6.26. The summed E-state index contributed by atoms with van der Waals surface area (Å²) >= 11 is 1.90. The number of hydrogen-bond donors (Lipinski definition) is 2. The predicted molar refractivity (Wildman–Crippen MR) is 98.3 cm³/mol. The second-order valence-electron chi connectivity index (χ2n) is 5.27. The maximum Gasteiger partial charge on any atom is 0.190 e. The Balaban J connectivity index is 1.65. The van der Waals surface area contributed by atoms with E-state index < -0.39 is 0 Å². The van der Waals surface area contributed by atoms with Crippen LogP contribution >= 0.6 is 11.8 Å². The number of aryl methyl sites for hydroxylation is 1. The van der Waals surface area contributed by atoms with E-state index in [4.69, 9.17) is 0 Å². The van der Waals surface area contributed by atoms with Crippen molar-refractivity contribution in [3.05, 3.63) is 30.2 Å². The van der Waals surface area contributed by atoms with Crippen LogP contribution in [0.1, 0.15) is 25.1 Å². The number of aromatic nitrogens is 3. The Hall–Kier alpha value is -1.76. The van der Waals surface area contributed by atoms with E-state index >= 15 is 0 Å². The van der Waals surface area contributed by atoms with Crippen molar-refractivity contribution in [3.8, 4) is 0 Å². The molecule has 2 rings (SSSR count). The molecule has 0 fully saturated rings. The van der Waals surface area contributed by atoms with Gasteiger partial charge in [0, 0.05) is 32.8 Å². The van der Waals surface area contributed by atoms with Gasteiger partial charge in [-0.2, -0.15) is 11.8 Å². The summed E-state index contributed by atoms with van der Waals surface area (Å²) in [7, 11) is 1.81. The Morgan fingerprint density at radius 3 is 2.78 bits per heavy atom. The van der Waals surface area contributed by atoms with Crippen LogP contribution in [0.4, 0.5) is 0 Å². The number of fused-ring (bicyclic) bond motifs is 1. The molecule has 6 nitrogen and oxygen atoms in total. The van der Waals surface area contributed by atoms with Gasteiger partial charge in [0.2, 0.25) is 0 Å². The minimum Gasteiger partial charge on any atom is -0.356 e. The van der Waals surface area contributed by atoms with Crippen molar-refractivity contribution in [2.75, 3.05) is 32.1 Å². The normalized spacial score (nSPS) is 11.8. The van der Waals surface area contributed by atoms with Crippen LogP contribution in [0, 0.1) is 0 Å². The van der Waals surface area contributed by atoms with Crippen LogP contribution in [0.2, 0.25) is 0 Å². The lowest BCUT2D eigenvalue weighted by atomic mass is 10.3. The first-order valence-electron chi connectivity index (χ1n) is 8.07. The fraction of sp³-hybridized carbons (Fsp3) is 0.562. The molecular formula is C16H26N6S. The first-order valence-corrected chi connectivity index (χ1v) is 9.46. The largest absolute Gasteiger partial charge is 0.356 e. The summed E-state index contributed by atoms with van der Waals surface area (Å²) in [6, 6.07) is 5.95. The third kappa shape index (κ3) is 5.74. The predicted octanol–water partition coefficient (Wildman–Crippen LogP) is 1.97. The molecule has 0 saturated carbocycles. The molecule has 2 aromatic heterocycles. The van der Waals surface area contributed by atoms with Crippen LogP contribution in [-0.2, 0) is 6.42 Å². The quantitative estimate of drug-likeness (QED) is 0.417. The lowest BCUT2D eigenvalue weighted by Gasteiger charge is -2.11. The third-order valence-electron chi connectivity index (χ3n) is 3.55. The number of unbranched alkanes of at least 4 members (excludes halogenated alkanes) is 1. The van der Waals surface area contributed by atoms with E-state index in [0.29, 0.717) is 0 Å². The maximum absolute atomic E-state index is 4.25. The number of guanidine groups is 1. The Bertz CT molecular complexity index is 609. The highest BCUT2D eigenvalue weighted by atomic mass is 32.2. The van der Waals surface area contributed by atoms with Gasteiger partial charge >= 0.3 is 0 Å². The lowest BCUT2D eigenvalue weighted by Crippen LogP contribution is -2.38. The summed E-state index contributed by atoms with van der Waals surface area (Å²) in [5.74, 6) is 3.10. The van der Waals surface area contributed by atoms with Gasteiger partial charge in [-0.25, -0.2) is 0 Å². The molecule has 0 aliphatic carbocycles. The molecule has 0 amide bonds. The zero-order valence-electron chi connectivity index (χ0n) is 14.0. The molecule has 23 heavy (non-hydrogen) atoms. The number of rotatable bonds is 9. The second kappa shape index (κ2) is 10.1. The van der Waals surface area contributed by atoms with Crippen LogP contribution < -0.4 is 10.6 Å². The van der Waals surface area contributed by atoms with Crippen LogP contribution in [0.15, 0.2) is 29.4 Å². The van der Waals surface area contributed by atoms with E-state index in [0.717, 1.165) is 43.4 Å². The number of pyridine rings is 1. The molecule has 2 aromatic rings. The molecule has 2 heterocycles. The average molecular weight is 334 g/mol. The highest BCUT2D eigenvalue weighted by Gasteiger charge is 2.04. The van der Waals surface area contributed by atoms with Gasteiger partial charge in [0.1, 0.15) is 5.82 Å². The van der Waals surface area contributed by atoms with Crippen molar-refractivity contribution >= 4 is 23.4 Å². The first kappa shape index (κ1) is 17.6. The van der Waals surface area contributed by atoms with Gasteiger partial charge in [0.05, 0.1) is 0 Å². The molecule has 126 valence electrons. The third-order valence-corrected chi connectivity index (χ3v) is 4.24. The molecule has 0 saturated heterocycles. The molecule has 0 atom stereocenters. The van der Waals surface area contributed by atoms with Gasteiger partial charge in [0.15, 0.2) is 11.6 Å². The molecule has 2 N–H and O–H groups in total. The monoisotopic (exact) mass is 334 g/mol. The Morgan fingerprint density at radius 2 is 2.00 bits per heavy atom. The molecule has 0 bridgehead atoms. The summed E-state index contributed by atoms with van der Waals surface area (Å²) in [4.78, 5) is 4.25. The van der Waals surface area contributed by atoms with Gasteiger partial charge in [0.25, 0.3) is 0 Å². The van der Waals surface area contributed by atoms with Gasteiger partial charge in [-0.3, -0.25) is 9.39 Å². The summed E-state index contributed by atoms with van der Waals surface area (Å²) in [6.45, 7) is 1.83. The van der Waals surface area contributed by atoms with Crippen molar-refractivity contribution in [2.45, 2.75) is 25.7 Å². The maximum atomic E-state index is 4.25. The van der Waals surface area contributed by atoms with Crippen LogP contribution in [0.3, 0.4) is 0 Å². The SMILES string of the molecule is CN=C(NCCCCSC)NCCCc1nnc2ccccn12. The van der Waals surface area contributed by atoms with Gasteiger partial charge in [-0.05, 0) is 43.4 Å². The minimum absolute atomic E-state index is 0.867. The fourth-order valence-corrected chi connectivity index (χ4v) is 2.81. The van der Waals surface area contributed by atoms with Crippen molar-refractivity contribution < 1.29 is 0 Å². The van der Waals surface area contributed by atoms with Crippen LogP contribution in [0.25, 0.3) is 5.65 Å². The Kier molecular flexibility index (Phi) is 7.72. The molecule has 0 radical (unpaired) electrons. The van der Waals surface area contributed by atoms with Gasteiger partial charge in [-0.1, -0.05) is 6.07 Å². The van der Waals surface area contributed by atoms with Crippen LogP contribution in [0.5, 0.6) is 0 Å². The Labute approximate surface area is 142 Å². The summed E-state index contributed by atoms with van der Waals surface area (Å²) < 4.78 is 2.04. The molecule has 0 aliphatic heterocycles. The highest BCUT2D eigenvalue weighted by Crippen LogP contribution is 2.04. The Morgan fingerprint density at radius 1 is 1.17 bits per heavy atom. The number of aliphatic imine (C=N–C) groups is 1. The number of nitrogens with zero attached hydrogens (tertiary/aromatic N) is 4. The van der Waals surface area contributed by atoms with E-state index in [1.54, 1.807) is 0 Å². The van der Waals surface area contributed by atoms with Crippen molar-refractivity contribution in [1.29, 1.82) is 0 Å². The van der Waals surface area contributed by atoms with E-state index in [2.05, 4.69) is 32.1 Å². The standard InChI is InChI=1S/C16H26N6S/c1-17-16(18-10-4-6-13-23-2)19-11-7-9-15-21-20-14-8-3-5-12-22(14)15/h3,5,8,12H,4,6-7,9-11,13H2,1-2H3,(H2,17,18,19). The molecule has 7 heteroatoms. The van der Waals surface area contributed by atoms with E-state index in [9.17, 15) is 0 Å². The molecule has 0 aromatic carbocycles. The van der Waals surface area contributed by atoms with E-state index in [1.807, 2.05) is 47.6 Å². The van der Waals surface area contributed by atoms with E-state index in [-0.39, 0.29) is 0 Å². The molecule has 0 aliphatic rings. The average Bonchev–Trinajstić information content (AvgIpc) is 3.00. The van der Waals surface area contributed by atoms with E-state index in [1.165, 1.54) is 18.6 Å². The summed E-state index contributed by atoms with van der Waals surface area (Å²) in [5, 5.41) is 15.1. The fourth-order valence-electron chi connectivity index (χ4n) is 2.31. The zero-order valence-corrected chi connectivity index (χ0v) is 14.8. The van der Waals surface area contributed by atoms with Crippen molar-refractivity contribution in [3.63, 3.8) is 0 Å². The molecular weight excluding hydrogens is 308 g/mol. The van der Waals surface area contributed by atoms with Gasteiger partial charge in [-0.15, -0.1) is 10.2 Å². The lowest BCUT2D eigenvalue weighted by molar-refractivity contribution is 0.699. The molecule has 0 spiro atoms. The minimum atomic E-state index is 0.867. The summed E-state index contributed by atoms with van der Waals surface area (Å²) in [5.41, 5.74) is 0.901. The number of hydrogen-bond acceptors (Lipinski definition) is 4. The smallest absolute Gasteiger partial charge is 0.190 e. The number of thioether (sulfide) groups is 1. The number of nitrogens with one attached hydrogen (secondary N) is 2. The van der Waals surface area contributed by atoms with Crippen molar-refractivity contribution in [2.24, 2.45) is 4.99 Å². The van der Waals surface area contributed by atoms with Crippen LogP contribution in [-0.4, -0.2) is 52.7 Å². The van der Waals surface area contributed by atoms with Crippen molar-refractivity contribution in [1.82, 2.24) is 25.2 Å². The van der Waals surface area contributed by atoms with Gasteiger partial charge < -0.3 is 10.6 Å².